The molecule has 1 atom stereocenters. The number of hydrogen-bond acceptors (Lipinski definition) is 4. The molecule has 0 aromatic heterocycles. The number of sulfone groups is 1. The standard InChI is InChI=1S/C19H28N2O3S2/c1-14-10-15(2)19(16(3)11-14)25-12-18(22)21-7-5-20(6-8-21)17-4-9-26(23,24)13-17/h10-11,17H,4-9,12-13H2,1-3H3/p+1/t17-/m0/s1. The van der Waals surface area contributed by atoms with E-state index in [0.717, 1.165) is 32.6 Å². The molecular formula is C19H29N2O3S2+. The lowest BCUT2D eigenvalue weighted by molar-refractivity contribution is -0.925. The van der Waals surface area contributed by atoms with Crippen LogP contribution in [0.25, 0.3) is 0 Å². The predicted octanol–water partition coefficient (Wildman–Crippen LogP) is 0.618. The van der Waals surface area contributed by atoms with Crippen LogP contribution in [0.5, 0.6) is 0 Å². The highest BCUT2D eigenvalue weighted by Gasteiger charge is 2.37. The summed E-state index contributed by atoms with van der Waals surface area (Å²) in [5.74, 6) is 1.30. The molecule has 3 rings (SSSR count). The van der Waals surface area contributed by atoms with Crippen molar-refractivity contribution < 1.29 is 18.1 Å². The fraction of sp³-hybridized carbons (Fsp3) is 0.632. The molecule has 2 aliphatic rings. The fourth-order valence-electron chi connectivity index (χ4n) is 4.19. The number of benzene rings is 1. The van der Waals surface area contributed by atoms with E-state index >= 15 is 0 Å². The Balaban J connectivity index is 1.50. The Bertz CT molecular complexity index is 761. The van der Waals surface area contributed by atoms with Gasteiger partial charge in [-0.05, 0) is 31.9 Å². The second-order valence-electron chi connectivity index (χ2n) is 7.66. The van der Waals surface area contributed by atoms with Crippen LogP contribution in [0.1, 0.15) is 23.1 Å². The van der Waals surface area contributed by atoms with Gasteiger partial charge in [0.15, 0.2) is 9.84 Å². The molecule has 5 nitrogen and oxygen atoms in total. The van der Waals surface area contributed by atoms with Crippen LogP contribution in [-0.4, -0.2) is 68.7 Å². The number of quaternary nitrogens is 1. The number of carbonyl (C=O) groups excluding carboxylic acids is 1. The van der Waals surface area contributed by atoms with Gasteiger partial charge < -0.3 is 9.80 Å². The molecular weight excluding hydrogens is 368 g/mol. The molecule has 0 saturated carbocycles. The Morgan fingerprint density at radius 1 is 1.19 bits per heavy atom. The van der Waals surface area contributed by atoms with Gasteiger partial charge in [0, 0.05) is 11.3 Å². The van der Waals surface area contributed by atoms with E-state index in [1.54, 1.807) is 11.8 Å². The highest BCUT2D eigenvalue weighted by atomic mass is 32.2. The van der Waals surface area contributed by atoms with Crippen LogP contribution in [0.3, 0.4) is 0 Å². The van der Waals surface area contributed by atoms with Gasteiger partial charge in [-0.2, -0.15) is 0 Å². The largest absolute Gasteiger partial charge is 0.331 e. The van der Waals surface area contributed by atoms with Gasteiger partial charge in [-0.15, -0.1) is 11.8 Å². The molecule has 7 heteroatoms. The van der Waals surface area contributed by atoms with Gasteiger partial charge in [0.1, 0.15) is 11.8 Å². The molecule has 2 saturated heterocycles. The first-order valence-corrected chi connectivity index (χ1v) is 12.1. The number of piperazine rings is 1. The summed E-state index contributed by atoms with van der Waals surface area (Å²) in [6.45, 7) is 9.48. The number of amides is 1. The average Bonchev–Trinajstić information content (AvgIpc) is 2.94. The van der Waals surface area contributed by atoms with Crippen LogP contribution >= 0.6 is 11.8 Å². The normalized spacial score (nSPS) is 23.3. The third kappa shape index (κ3) is 4.61. The monoisotopic (exact) mass is 397 g/mol. The summed E-state index contributed by atoms with van der Waals surface area (Å²) in [5, 5.41) is 0. The second kappa shape index (κ2) is 7.90. The second-order valence-corrected chi connectivity index (χ2v) is 10.9. The number of carbonyl (C=O) groups is 1. The zero-order valence-corrected chi connectivity index (χ0v) is 17.5. The lowest BCUT2D eigenvalue weighted by atomic mass is 10.1. The van der Waals surface area contributed by atoms with Crippen LogP contribution in [0.2, 0.25) is 0 Å². The lowest BCUT2D eigenvalue weighted by Gasteiger charge is -2.35. The third-order valence-electron chi connectivity index (χ3n) is 5.51. The van der Waals surface area contributed by atoms with Gasteiger partial charge >= 0.3 is 0 Å². The summed E-state index contributed by atoms with van der Waals surface area (Å²) in [4.78, 5) is 17.1. The Morgan fingerprint density at radius 2 is 1.81 bits per heavy atom. The summed E-state index contributed by atoms with van der Waals surface area (Å²) in [6.07, 6.45) is 0.771. The fourth-order valence-corrected chi connectivity index (χ4v) is 7.04. The number of nitrogens with zero attached hydrogens (tertiary/aromatic N) is 1. The van der Waals surface area contributed by atoms with Crippen LogP contribution in [0, 0.1) is 20.8 Å². The minimum absolute atomic E-state index is 0.187. The van der Waals surface area contributed by atoms with Crippen LogP contribution < -0.4 is 4.90 Å². The number of nitrogens with one attached hydrogen (secondary N) is 1. The molecule has 1 N–H and O–H groups in total. The summed E-state index contributed by atoms with van der Waals surface area (Å²) in [6, 6.07) is 4.55. The minimum atomic E-state index is -2.83. The molecule has 2 fully saturated rings. The zero-order valence-electron chi connectivity index (χ0n) is 15.9. The van der Waals surface area contributed by atoms with Gasteiger partial charge in [-0.1, -0.05) is 17.7 Å². The topological polar surface area (TPSA) is 58.9 Å². The Kier molecular flexibility index (Phi) is 5.99. The maximum atomic E-state index is 12.6. The third-order valence-corrected chi connectivity index (χ3v) is 8.60. The molecule has 1 aromatic rings. The number of thioether (sulfide) groups is 1. The number of hydrogen-bond donors (Lipinski definition) is 1. The van der Waals surface area contributed by atoms with Crippen molar-refractivity contribution in [2.45, 2.75) is 38.1 Å². The highest BCUT2D eigenvalue weighted by Crippen LogP contribution is 2.27. The summed E-state index contributed by atoms with van der Waals surface area (Å²) in [7, 11) is -2.83. The van der Waals surface area contributed by atoms with Crippen molar-refractivity contribution in [3.05, 3.63) is 28.8 Å². The van der Waals surface area contributed by atoms with Crippen molar-refractivity contribution in [1.82, 2.24) is 4.90 Å². The highest BCUT2D eigenvalue weighted by molar-refractivity contribution is 8.00. The van der Waals surface area contributed by atoms with Gasteiger partial charge in [-0.25, -0.2) is 8.42 Å². The van der Waals surface area contributed by atoms with Crippen molar-refractivity contribution >= 4 is 27.5 Å². The van der Waals surface area contributed by atoms with E-state index in [2.05, 4.69) is 32.9 Å². The molecule has 0 spiro atoms. The number of aryl methyl sites for hydroxylation is 3. The van der Waals surface area contributed by atoms with E-state index in [-0.39, 0.29) is 11.9 Å². The first kappa shape index (κ1) is 19.7. The minimum Gasteiger partial charge on any atom is -0.331 e. The van der Waals surface area contributed by atoms with Crippen molar-refractivity contribution in [1.29, 1.82) is 0 Å². The van der Waals surface area contributed by atoms with E-state index in [9.17, 15) is 13.2 Å². The van der Waals surface area contributed by atoms with E-state index in [1.165, 1.54) is 26.5 Å². The van der Waals surface area contributed by atoms with Crippen molar-refractivity contribution in [2.24, 2.45) is 0 Å². The van der Waals surface area contributed by atoms with Gasteiger partial charge in [0.25, 0.3) is 0 Å². The van der Waals surface area contributed by atoms with Crippen molar-refractivity contribution in [2.75, 3.05) is 43.4 Å². The quantitative estimate of drug-likeness (QED) is 0.757. The molecule has 1 aromatic carbocycles. The van der Waals surface area contributed by atoms with Crippen LogP contribution in [-0.2, 0) is 14.6 Å². The first-order valence-electron chi connectivity index (χ1n) is 9.28. The van der Waals surface area contributed by atoms with E-state index in [1.807, 2.05) is 4.90 Å². The summed E-state index contributed by atoms with van der Waals surface area (Å²) < 4.78 is 23.3. The Morgan fingerprint density at radius 3 is 2.35 bits per heavy atom. The Labute approximate surface area is 161 Å². The van der Waals surface area contributed by atoms with Crippen LogP contribution in [0.4, 0.5) is 0 Å². The summed E-state index contributed by atoms with van der Waals surface area (Å²) >= 11 is 1.63. The molecule has 0 aliphatic carbocycles. The predicted molar refractivity (Wildman–Crippen MR) is 106 cm³/mol. The maximum Gasteiger partial charge on any atom is 0.233 e. The molecule has 0 radical (unpaired) electrons. The summed E-state index contributed by atoms with van der Waals surface area (Å²) in [5.41, 5.74) is 3.72. The molecule has 144 valence electrons. The van der Waals surface area contributed by atoms with E-state index in [0.29, 0.717) is 17.3 Å². The first-order chi connectivity index (χ1) is 12.2. The molecule has 0 bridgehead atoms. The molecule has 26 heavy (non-hydrogen) atoms. The van der Waals surface area contributed by atoms with Crippen molar-refractivity contribution in [3.63, 3.8) is 0 Å². The maximum absolute atomic E-state index is 12.6. The Hall–Kier alpha value is -1.05. The average molecular weight is 398 g/mol. The van der Waals surface area contributed by atoms with E-state index in [4.69, 9.17) is 0 Å². The molecule has 1 amide bonds. The smallest absolute Gasteiger partial charge is 0.233 e. The van der Waals surface area contributed by atoms with Gasteiger partial charge in [-0.3, -0.25) is 4.79 Å². The lowest BCUT2D eigenvalue weighted by Crippen LogP contribution is -3.18. The molecule has 0 unspecified atom stereocenters. The van der Waals surface area contributed by atoms with Crippen molar-refractivity contribution in [3.8, 4) is 0 Å². The van der Waals surface area contributed by atoms with Crippen LogP contribution in [0.15, 0.2) is 17.0 Å². The van der Waals surface area contributed by atoms with Gasteiger partial charge in [0.2, 0.25) is 5.91 Å². The van der Waals surface area contributed by atoms with E-state index < -0.39 is 9.84 Å². The zero-order chi connectivity index (χ0) is 18.9. The number of rotatable bonds is 4. The molecule has 2 aliphatic heterocycles. The SMILES string of the molecule is Cc1cc(C)c(SCC(=O)N2CC[NH+]([C@H]3CCS(=O)(=O)C3)CC2)c(C)c1. The van der Waals surface area contributed by atoms with Gasteiger partial charge in [0.05, 0.1) is 37.7 Å². The molecule has 2 heterocycles.